The van der Waals surface area contributed by atoms with E-state index in [9.17, 15) is 19.8 Å². The Kier molecular flexibility index (Phi) is 4.57. The molecule has 0 radical (unpaired) electrons. The Bertz CT molecular complexity index is 1420. The second kappa shape index (κ2) is 7.35. The topological polar surface area (TPSA) is 119 Å². The first-order valence-electron chi connectivity index (χ1n) is 10.1. The summed E-state index contributed by atoms with van der Waals surface area (Å²) in [6.45, 7) is 0. The number of ether oxygens (including phenoxy) is 1. The highest BCUT2D eigenvalue weighted by molar-refractivity contribution is 6.13. The largest absolute Gasteiger partial charge is 0.495 e. The molecule has 2 amide bonds. The number of fused-ring (bicyclic) bond motifs is 2. The number of nitrogens with one attached hydrogen (secondary N) is 1. The Balaban J connectivity index is 1.73. The van der Waals surface area contributed by atoms with Gasteiger partial charge in [0, 0.05) is 23.7 Å². The number of amides is 2. The number of aliphatic hydroxyl groups is 1. The molecule has 1 aromatic heterocycles. The second-order valence-corrected chi connectivity index (χ2v) is 7.66. The molecule has 1 aliphatic rings. The van der Waals surface area contributed by atoms with Crippen LogP contribution in [0.3, 0.4) is 0 Å². The number of nitrogens with zero attached hydrogens (tertiary/aromatic N) is 3. The van der Waals surface area contributed by atoms with Gasteiger partial charge in [0.2, 0.25) is 5.95 Å². The van der Waals surface area contributed by atoms with Crippen LogP contribution in [0.25, 0.3) is 11.0 Å². The number of anilines is 2. The minimum Gasteiger partial charge on any atom is -0.495 e. The number of carbonyl (C=O) groups excluding carboxylic acids is 1. The summed E-state index contributed by atoms with van der Waals surface area (Å²) in [6, 6.07) is 18.9. The lowest BCUT2D eigenvalue weighted by atomic mass is 9.93. The number of aromatic nitrogens is 2. The highest BCUT2D eigenvalue weighted by Gasteiger charge is 2.51. The van der Waals surface area contributed by atoms with Gasteiger partial charge in [-0.2, -0.15) is 0 Å². The fourth-order valence-corrected chi connectivity index (χ4v) is 4.21. The summed E-state index contributed by atoms with van der Waals surface area (Å²) in [5.74, 6) is 0.213. The van der Waals surface area contributed by atoms with Gasteiger partial charge in [-0.1, -0.05) is 36.4 Å². The van der Waals surface area contributed by atoms with Gasteiger partial charge in [0.1, 0.15) is 5.75 Å². The van der Waals surface area contributed by atoms with Crippen molar-refractivity contribution < 1.29 is 24.5 Å². The average molecular weight is 444 g/mol. The first kappa shape index (κ1) is 20.5. The van der Waals surface area contributed by atoms with Gasteiger partial charge >= 0.3 is 6.09 Å². The highest BCUT2D eigenvalue weighted by atomic mass is 16.5. The molecule has 33 heavy (non-hydrogen) atoms. The van der Waals surface area contributed by atoms with Gasteiger partial charge < -0.3 is 19.9 Å². The number of para-hydroxylation sites is 2. The molecule has 0 fully saturated rings. The zero-order valence-electron chi connectivity index (χ0n) is 17.8. The normalized spacial score (nSPS) is 17.3. The van der Waals surface area contributed by atoms with Crippen molar-refractivity contribution in [3.63, 3.8) is 0 Å². The molecule has 1 aliphatic heterocycles. The smallest absolute Gasteiger partial charge is 0.413 e. The molecule has 166 valence electrons. The lowest BCUT2D eigenvalue weighted by Crippen LogP contribution is -2.45. The number of carbonyl (C=O) groups is 2. The molecule has 0 saturated carbocycles. The van der Waals surface area contributed by atoms with Crippen molar-refractivity contribution in [1.29, 1.82) is 0 Å². The molecule has 9 nitrogen and oxygen atoms in total. The number of hydrogen-bond donors (Lipinski definition) is 3. The van der Waals surface area contributed by atoms with Crippen LogP contribution in [0.4, 0.5) is 16.4 Å². The summed E-state index contributed by atoms with van der Waals surface area (Å²) in [5.41, 5.74) is 0.838. The minimum absolute atomic E-state index is 0.145. The van der Waals surface area contributed by atoms with Crippen molar-refractivity contribution in [3.05, 3.63) is 83.4 Å². The van der Waals surface area contributed by atoms with E-state index in [1.807, 2.05) is 0 Å². The van der Waals surface area contributed by atoms with E-state index in [-0.39, 0.29) is 11.9 Å². The molecule has 0 bridgehead atoms. The van der Waals surface area contributed by atoms with Crippen molar-refractivity contribution in [1.82, 2.24) is 9.97 Å². The molecule has 1 unspecified atom stereocenters. The summed E-state index contributed by atoms with van der Waals surface area (Å²) in [6.07, 6.45) is -1.16. The van der Waals surface area contributed by atoms with Crippen LogP contribution in [-0.4, -0.2) is 46.3 Å². The van der Waals surface area contributed by atoms with Gasteiger partial charge in [-0.15, -0.1) is 0 Å². The third-order valence-electron chi connectivity index (χ3n) is 5.86. The fraction of sp³-hybridized carbons (Fsp3) is 0.125. The van der Waals surface area contributed by atoms with Crippen molar-refractivity contribution in [2.75, 3.05) is 24.0 Å². The molecule has 0 saturated heterocycles. The van der Waals surface area contributed by atoms with Gasteiger partial charge in [0.15, 0.2) is 5.72 Å². The van der Waals surface area contributed by atoms with Gasteiger partial charge in [-0.05, 0) is 30.3 Å². The third-order valence-corrected chi connectivity index (χ3v) is 5.86. The number of carboxylic acid groups (broad SMARTS) is 1. The Hall–Kier alpha value is -4.37. The lowest BCUT2D eigenvalue weighted by molar-refractivity contribution is 0.0700. The van der Waals surface area contributed by atoms with E-state index < -0.39 is 11.8 Å². The zero-order valence-corrected chi connectivity index (χ0v) is 17.8. The summed E-state index contributed by atoms with van der Waals surface area (Å²) in [7, 11) is 2.88. The van der Waals surface area contributed by atoms with Gasteiger partial charge in [-0.25, -0.2) is 9.78 Å². The van der Waals surface area contributed by atoms with Crippen molar-refractivity contribution >= 4 is 34.7 Å². The molecule has 0 aliphatic carbocycles. The van der Waals surface area contributed by atoms with Crippen LogP contribution < -0.4 is 14.5 Å². The van der Waals surface area contributed by atoms with Gasteiger partial charge in [-0.3, -0.25) is 14.6 Å². The third kappa shape index (κ3) is 2.94. The maximum absolute atomic E-state index is 13.5. The van der Waals surface area contributed by atoms with E-state index >= 15 is 0 Å². The molecule has 4 aromatic rings. The van der Waals surface area contributed by atoms with Crippen LogP contribution >= 0.6 is 0 Å². The summed E-state index contributed by atoms with van der Waals surface area (Å²) in [5, 5.41) is 21.4. The van der Waals surface area contributed by atoms with Crippen molar-refractivity contribution in [2.45, 2.75) is 5.72 Å². The second-order valence-electron chi connectivity index (χ2n) is 7.66. The van der Waals surface area contributed by atoms with Gasteiger partial charge in [0.25, 0.3) is 5.91 Å². The van der Waals surface area contributed by atoms with Crippen LogP contribution in [0, 0.1) is 0 Å². The predicted octanol–water partition coefficient (Wildman–Crippen LogP) is 3.54. The maximum atomic E-state index is 13.5. The van der Waals surface area contributed by atoms with Crippen LogP contribution in [0.1, 0.15) is 21.5 Å². The molecule has 0 spiro atoms. The van der Waals surface area contributed by atoms with Crippen LogP contribution in [-0.2, 0) is 5.72 Å². The first-order chi connectivity index (χ1) is 15.9. The highest BCUT2D eigenvalue weighted by Crippen LogP contribution is 2.47. The van der Waals surface area contributed by atoms with E-state index in [1.54, 1.807) is 66.7 Å². The van der Waals surface area contributed by atoms with Crippen molar-refractivity contribution in [3.8, 4) is 5.75 Å². The van der Waals surface area contributed by atoms with E-state index in [0.717, 1.165) is 4.90 Å². The predicted molar refractivity (Wildman–Crippen MR) is 122 cm³/mol. The van der Waals surface area contributed by atoms with Crippen LogP contribution in [0.2, 0.25) is 0 Å². The Labute approximate surface area is 188 Å². The Morgan fingerprint density at radius 3 is 2.61 bits per heavy atom. The monoisotopic (exact) mass is 444 g/mol. The number of H-pyrrole nitrogens is 1. The molecule has 2 heterocycles. The van der Waals surface area contributed by atoms with E-state index in [1.165, 1.54) is 19.1 Å². The quantitative estimate of drug-likeness (QED) is 0.443. The maximum Gasteiger partial charge on any atom is 0.413 e. The summed E-state index contributed by atoms with van der Waals surface area (Å²) >= 11 is 0. The van der Waals surface area contributed by atoms with Gasteiger partial charge in [0.05, 0.1) is 23.8 Å². The molecule has 3 aromatic carbocycles. The minimum atomic E-state index is -1.83. The standard InChI is InChI=1S/C24H20N4O5/c1-27(23(30)31)22-25-17-12-11-14(13-18(17)26-22)24(32)16-8-4-3-7-15(16)21(29)28(24)19-9-5-6-10-20(19)33-2/h3-13,32H,1-2H3,(H,25,26)(H,30,31). The summed E-state index contributed by atoms with van der Waals surface area (Å²) < 4.78 is 5.47. The van der Waals surface area contributed by atoms with Crippen LogP contribution in [0.5, 0.6) is 5.75 Å². The SMILES string of the molecule is COc1ccccc1N1C(=O)c2ccccc2C1(O)c1ccc2nc(N(C)C(=O)O)[nH]c2c1. The number of aromatic amines is 1. The first-order valence-corrected chi connectivity index (χ1v) is 10.1. The van der Waals surface area contributed by atoms with E-state index in [0.29, 0.717) is 39.2 Å². The number of methoxy groups -OCH3 is 1. The molecular weight excluding hydrogens is 424 g/mol. The zero-order chi connectivity index (χ0) is 23.3. The average Bonchev–Trinajstić information content (AvgIpc) is 3.36. The van der Waals surface area contributed by atoms with Crippen LogP contribution in [0.15, 0.2) is 66.7 Å². The molecule has 3 N–H and O–H groups in total. The fourth-order valence-electron chi connectivity index (χ4n) is 4.21. The summed E-state index contributed by atoms with van der Waals surface area (Å²) in [4.78, 5) is 34.4. The molecule has 1 atom stereocenters. The molecular formula is C24H20N4O5. The lowest BCUT2D eigenvalue weighted by Gasteiger charge is -2.35. The molecule has 9 heteroatoms. The van der Waals surface area contributed by atoms with E-state index in [4.69, 9.17) is 4.74 Å². The number of hydrogen-bond acceptors (Lipinski definition) is 5. The molecule has 5 rings (SSSR count). The number of rotatable bonds is 4. The van der Waals surface area contributed by atoms with Crippen molar-refractivity contribution in [2.24, 2.45) is 0 Å². The Morgan fingerprint density at radius 2 is 1.85 bits per heavy atom. The number of imidazole rings is 1. The number of benzene rings is 3. The van der Waals surface area contributed by atoms with E-state index in [2.05, 4.69) is 9.97 Å². The Morgan fingerprint density at radius 1 is 1.12 bits per heavy atom.